The number of hydrogen-bond donors (Lipinski definition) is 1. The van der Waals surface area contributed by atoms with Gasteiger partial charge in [-0.25, -0.2) is 0 Å². The van der Waals surface area contributed by atoms with Crippen molar-refractivity contribution in [3.63, 3.8) is 0 Å². The Kier molecular flexibility index (Phi) is 10.4. The van der Waals surface area contributed by atoms with Crippen LogP contribution in [0, 0.1) is 11.8 Å². The molecule has 5 atom stereocenters. The van der Waals surface area contributed by atoms with Crippen molar-refractivity contribution < 1.29 is 29.0 Å². The number of benzene rings is 1. The minimum Gasteiger partial charge on any atom is -0.497 e. The molecule has 2 unspecified atom stereocenters. The number of aliphatic hydroxyl groups excluding tert-OH is 1. The number of nitrogens with zero attached hydrogens (tertiary/aromatic N) is 2. The summed E-state index contributed by atoms with van der Waals surface area (Å²) in [6, 6.07) is 6.60. The SMILES string of the molecule is C=CCCCCOC(=O)[C@@H]1[C@@H]2CCC3(S2)C(C(=O)N(CC=C)c2ccc(OC)cc2)N(CCCCCO)C(=O)[C@H]13. The van der Waals surface area contributed by atoms with Crippen LogP contribution in [0.4, 0.5) is 5.69 Å². The van der Waals surface area contributed by atoms with Gasteiger partial charge in [-0.15, -0.1) is 24.9 Å². The maximum Gasteiger partial charge on any atom is 0.310 e. The smallest absolute Gasteiger partial charge is 0.310 e. The maximum atomic E-state index is 14.5. The number of rotatable bonds is 16. The van der Waals surface area contributed by atoms with Gasteiger partial charge < -0.3 is 24.4 Å². The van der Waals surface area contributed by atoms with E-state index in [2.05, 4.69) is 13.2 Å². The number of aliphatic hydroxyl groups is 1. The van der Waals surface area contributed by atoms with Crippen LogP contribution in [0.3, 0.4) is 0 Å². The molecule has 8 nitrogen and oxygen atoms in total. The summed E-state index contributed by atoms with van der Waals surface area (Å²) >= 11 is 1.65. The molecule has 1 N–H and O–H groups in total. The van der Waals surface area contributed by atoms with E-state index >= 15 is 0 Å². The van der Waals surface area contributed by atoms with E-state index in [1.807, 2.05) is 30.3 Å². The quantitative estimate of drug-likeness (QED) is 0.179. The summed E-state index contributed by atoms with van der Waals surface area (Å²) in [6.07, 6.45) is 9.60. The van der Waals surface area contributed by atoms with Gasteiger partial charge in [-0.05, 0) is 75.6 Å². The Morgan fingerprint density at radius 3 is 2.60 bits per heavy atom. The molecule has 218 valence electrons. The molecule has 3 aliphatic rings. The summed E-state index contributed by atoms with van der Waals surface area (Å²) in [5, 5.41) is 9.22. The van der Waals surface area contributed by atoms with Crippen molar-refractivity contribution in [2.24, 2.45) is 11.8 Å². The summed E-state index contributed by atoms with van der Waals surface area (Å²) < 4.78 is 10.3. The number of esters is 1. The molecule has 2 amide bonds. The van der Waals surface area contributed by atoms with Gasteiger partial charge in [-0.2, -0.15) is 0 Å². The van der Waals surface area contributed by atoms with Crippen molar-refractivity contribution >= 4 is 35.2 Å². The predicted molar refractivity (Wildman–Crippen MR) is 157 cm³/mol. The number of hydrogen-bond acceptors (Lipinski definition) is 7. The molecule has 3 saturated heterocycles. The van der Waals surface area contributed by atoms with E-state index in [1.54, 1.807) is 34.7 Å². The number of methoxy groups -OCH3 is 1. The molecule has 0 radical (unpaired) electrons. The van der Waals surface area contributed by atoms with Crippen LogP contribution in [0.5, 0.6) is 5.75 Å². The first-order chi connectivity index (χ1) is 19.4. The molecular weight excluding hydrogens is 528 g/mol. The van der Waals surface area contributed by atoms with Gasteiger partial charge in [0.25, 0.3) is 5.91 Å². The minimum absolute atomic E-state index is 0.0321. The van der Waals surface area contributed by atoms with Crippen LogP contribution in [0.25, 0.3) is 0 Å². The van der Waals surface area contributed by atoms with Crippen molar-refractivity contribution in [2.75, 3.05) is 38.3 Å². The van der Waals surface area contributed by atoms with E-state index in [1.165, 1.54) is 0 Å². The zero-order valence-electron chi connectivity index (χ0n) is 23.5. The summed E-state index contributed by atoms with van der Waals surface area (Å²) in [5.41, 5.74) is 0.700. The highest BCUT2D eigenvalue weighted by Crippen LogP contribution is 2.66. The molecule has 0 aliphatic carbocycles. The third-order valence-electron chi connectivity index (χ3n) is 8.37. The Morgan fingerprint density at radius 2 is 1.93 bits per heavy atom. The normalized spacial score (nSPS) is 26.4. The van der Waals surface area contributed by atoms with Crippen LogP contribution in [0.1, 0.15) is 51.4 Å². The first-order valence-electron chi connectivity index (χ1n) is 14.4. The van der Waals surface area contributed by atoms with Gasteiger partial charge in [-0.1, -0.05) is 12.2 Å². The number of anilines is 1. The van der Waals surface area contributed by atoms with Crippen LogP contribution >= 0.6 is 11.8 Å². The molecule has 1 aromatic rings. The third-order valence-corrected chi connectivity index (χ3v) is 10.3. The van der Waals surface area contributed by atoms with E-state index in [0.29, 0.717) is 50.4 Å². The number of ether oxygens (including phenoxy) is 2. The standard InChI is InChI=1S/C31H42N2O6S/c1-4-6-7-11-21-39-30(37)25-24-16-17-31(40-24)26(25)28(35)33(19-9-8-10-20-34)27(31)29(36)32(18-5-2)22-12-14-23(38-3)15-13-22/h4-5,12-15,24-27,34H,1-2,6-11,16-21H2,3H3/t24-,25+,26-,27?,31?/m0/s1. The molecule has 1 spiro atoms. The van der Waals surface area contributed by atoms with E-state index in [-0.39, 0.29) is 29.6 Å². The highest BCUT2D eigenvalue weighted by Gasteiger charge is 2.74. The van der Waals surface area contributed by atoms with Gasteiger partial charge in [0.05, 0.1) is 30.3 Å². The molecule has 3 heterocycles. The number of fused-ring (bicyclic) bond motifs is 1. The van der Waals surface area contributed by atoms with Crippen LogP contribution in [0.15, 0.2) is 49.6 Å². The average Bonchev–Trinajstić information content (AvgIpc) is 3.61. The lowest BCUT2D eigenvalue weighted by Gasteiger charge is -2.37. The monoisotopic (exact) mass is 570 g/mol. The fourth-order valence-corrected chi connectivity index (χ4v) is 8.73. The number of unbranched alkanes of at least 4 members (excludes halogenated alkanes) is 4. The lowest BCUT2D eigenvalue weighted by Crippen LogP contribution is -2.55. The van der Waals surface area contributed by atoms with Crippen molar-refractivity contribution in [2.45, 2.75) is 67.4 Å². The number of likely N-dealkylation sites (tertiary alicyclic amines) is 1. The van der Waals surface area contributed by atoms with Gasteiger partial charge in [0, 0.05) is 30.6 Å². The van der Waals surface area contributed by atoms with Crippen LogP contribution in [-0.2, 0) is 19.1 Å². The van der Waals surface area contributed by atoms with E-state index < -0.39 is 22.6 Å². The minimum atomic E-state index is -0.693. The Bertz CT molecular complexity index is 1080. The Balaban J connectivity index is 1.63. The number of carbonyl (C=O) groups excluding carboxylic acids is 3. The zero-order chi connectivity index (χ0) is 28.7. The second-order valence-corrected chi connectivity index (χ2v) is 12.4. The maximum absolute atomic E-state index is 14.5. The van der Waals surface area contributed by atoms with Gasteiger partial charge >= 0.3 is 5.97 Å². The topological polar surface area (TPSA) is 96.4 Å². The fourth-order valence-electron chi connectivity index (χ4n) is 6.53. The van der Waals surface area contributed by atoms with Gasteiger partial charge in [-0.3, -0.25) is 14.4 Å². The van der Waals surface area contributed by atoms with Gasteiger partial charge in [0.1, 0.15) is 11.8 Å². The first-order valence-corrected chi connectivity index (χ1v) is 15.2. The van der Waals surface area contributed by atoms with Crippen LogP contribution in [-0.4, -0.2) is 77.2 Å². The van der Waals surface area contributed by atoms with E-state index in [4.69, 9.17) is 9.47 Å². The lowest BCUT2D eigenvalue weighted by atomic mass is 9.71. The summed E-state index contributed by atoms with van der Waals surface area (Å²) in [5.74, 6) is -1.04. The van der Waals surface area contributed by atoms with Crippen LogP contribution in [0.2, 0.25) is 0 Å². The first kappa shape index (κ1) is 30.2. The molecule has 40 heavy (non-hydrogen) atoms. The van der Waals surface area contributed by atoms with Crippen molar-refractivity contribution in [1.29, 1.82) is 0 Å². The Morgan fingerprint density at radius 1 is 1.15 bits per heavy atom. The zero-order valence-corrected chi connectivity index (χ0v) is 24.3. The molecule has 4 rings (SSSR count). The molecule has 3 aliphatic heterocycles. The number of carbonyl (C=O) groups is 3. The lowest BCUT2D eigenvalue weighted by molar-refractivity contribution is -0.154. The summed E-state index contributed by atoms with van der Waals surface area (Å²) in [4.78, 5) is 45.4. The van der Waals surface area contributed by atoms with Gasteiger partial charge in [0.2, 0.25) is 5.91 Å². The molecule has 3 fully saturated rings. The summed E-state index contributed by atoms with van der Waals surface area (Å²) in [6.45, 7) is 8.72. The summed E-state index contributed by atoms with van der Waals surface area (Å²) in [7, 11) is 1.59. The average molecular weight is 571 g/mol. The number of amides is 2. The second kappa shape index (κ2) is 13.7. The highest BCUT2D eigenvalue weighted by atomic mass is 32.2. The van der Waals surface area contributed by atoms with E-state index in [9.17, 15) is 19.5 Å². The number of thioether (sulfide) groups is 1. The fraction of sp³-hybridized carbons (Fsp3) is 0.581. The second-order valence-electron chi connectivity index (χ2n) is 10.8. The molecule has 0 aromatic heterocycles. The molecular formula is C31H42N2O6S. The molecule has 0 saturated carbocycles. The van der Waals surface area contributed by atoms with Crippen LogP contribution < -0.4 is 9.64 Å². The Labute approximate surface area is 241 Å². The molecule has 2 bridgehead atoms. The largest absolute Gasteiger partial charge is 0.497 e. The predicted octanol–water partition coefficient (Wildman–Crippen LogP) is 4.37. The van der Waals surface area contributed by atoms with Crippen molar-refractivity contribution in [1.82, 2.24) is 4.90 Å². The third kappa shape index (κ3) is 5.81. The van der Waals surface area contributed by atoms with E-state index in [0.717, 1.165) is 32.1 Å². The van der Waals surface area contributed by atoms with Gasteiger partial charge in [0.15, 0.2) is 0 Å². The van der Waals surface area contributed by atoms with Crippen molar-refractivity contribution in [3.05, 3.63) is 49.6 Å². The Hall–Kier alpha value is -2.78. The molecule has 1 aromatic carbocycles. The highest BCUT2D eigenvalue weighted by molar-refractivity contribution is 8.02. The molecule has 9 heteroatoms. The van der Waals surface area contributed by atoms with Crippen molar-refractivity contribution in [3.8, 4) is 5.75 Å². The number of allylic oxidation sites excluding steroid dienone is 1.